The van der Waals surface area contributed by atoms with E-state index >= 15 is 0 Å². The van der Waals surface area contributed by atoms with Crippen molar-refractivity contribution in [1.29, 1.82) is 0 Å². The second-order valence-electron chi connectivity index (χ2n) is 4.89. The van der Waals surface area contributed by atoms with Gasteiger partial charge in [0.15, 0.2) is 0 Å². The van der Waals surface area contributed by atoms with E-state index in [1.54, 1.807) is 0 Å². The molecule has 0 aliphatic rings. The van der Waals surface area contributed by atoms with Crippen LogP contribution in [-0.4, -0.2) is 9.55 Å². The first-order valence-electron chi connectivity index (χ1n) is 6.08. The van der Waals surface area contributed by atoms with Crippen molar-refractivity contribution >= 4 is 16.6 Å². The second kappa shape index (κ2) is 3.67. The highest BCUT2D eigenvalue weighted by Gasteiger charge is 2.12. The third-order valence-electron chi connectivity index (χ3n) is 3.63. The van der Waals surface area contributed by atoms with E-state index in [2.05, 4.69) is 48.8 Å². The second-order valence-corrected chi connectivity index (χ2v) is 4.89. The van der Waals surface area contributed by atoms with E-state index in [0.717, 1.165) is 22.3 Å². The molecule has 0 amide bonds. The van der Waals surface area contributed by atoms with Crippen molar-refractivity contribution in [2.24, 2.45) is 7.05 Å². The minimum atomic E-state index is 0.794. The number of nitrogens with one attached hydrogen (secondary N) is 1. The quantitative estimate of drug-likeness (QED) is 0.628. The Balaban J connectivity index is 2.29. The maximum atomic E-state index is 5.99. The summed E-state index contributed by atoms with van der Waals surface area (Å²) in [5.74, 6) is 0. The molecule has 2 aromatic heterocycles. The number of hydrogen-bond donors (Lipinski definition) is 2. The molecule has 3 nitrogen and oxygen atoms in total. The number of anilines is 1. The SMILES string of the molecule is Cc1cn(C)c(-c2cc3cccc(N)c3[nH]2)c1C. The summed E-state index contributed by atoms with van der Waals surface area (Å²) in [4.78, 5) is 3.43. The van der Waals surface area contributed by atoms with E-state index in [1.165, 1.54) is 16.8 Å². The fourth-order valence-corrected chi connectivity index (χ4v) is 2.60. The van der Waals surface area contributed by atoms with Crippen molar-refractivity contribution in [2.45, 2.75) is 13.8 Å². The molecule has 3 N–H and O–H groups in total. The third kappa shape index (κ3) is 1.44. The molecule has 1 aromatic carbocycles. The smallest absolute Gasteiger partial charge is 0.0692 e. The summed E-state index contributed by atoms with van der Waals surface area (Å²) >= 11 is 0. The summed E-state index contributed by atoms with van der Waals surface area (Å²) in [5.41, 5.74) is 12.8. The van der Waals surface area contributed by atoms with Gasteiger partial charge in [0.1, 0.15) is 0 Å². The zero-order valence-corrected chi connectivity index (χ0v) is 10.9. The number of aryl methyl sites for hydroxylation is 2. The zero-order valence-electron chi connectivity index (χ0n) is 10.9. The van der Waals surface area contributed by atoms with E-state index in [-0.39, 0.29) is 0 Å². The van der Waals surface area contributed by atoms with Crippen molar-refractivity contribution in [3.63, 3.8) is 0 Å². The lowest BCUT2D eigenvalue weighted by atomic mass is 10.1. The van der Waals surface area contributed by atoms with Gasteiger partial charge in [-0.2, -0.15) is 0 Å². The molecule has 0 spiro atoms. The minimum Gasteiger partial charge on any atom is -0.397 e. The van der Waals surface area contributed by atoms with Crippen LogP contribution in [0.15, 0.2) is 30.5 Å². The number of aromatic amines is 1. The van der Waals surface area contributed by atoms with Gasteiger partial charge in [-0.15, -0.1) is 0 Å². The van der Waals surface area contributed by atoms with Crippen LogP contribution in [0.1, 0.15) is 11.1 Å². The molecule has 0 atom stereocenters. The van der Waals surface area contributed by atoms with Crippen molar-refractivity contribution in [2.75, 3.05) is 5.73 Å². The Hall–Kier alpha value is -2.16. The van der Waals surface area contributed by atoms with Crippen molar-refractivity contribution in [3.8, 4) is 11.4 Å². The monoisotopic (exact) mass is 239 g/mol. The molecule has 0 aliphatic carbocycles. The number of nitrogen functional groups attached to an aromatic ring is 1. The third-order valence-corrected chi connectivity index (χ3v) is 3.63. The maximum Gasteiger partial charge on any atom is 0.0692 e. The largest absolute Gasteiger partial charge is 0.397 e. The molecule has 0 radical (unpaired) electrons. The number of H-pyrrole nitrogens is 1. The molecule has 0 bridgehead atoms. The van der Waals surface area contributed by atoms with Crippen LogP contribution < -0.4 is 5.73 Å². The standard InChI is InChI=1S/C15H17N3/c1-9-8-18(3)15(10(9)2)13-7-11-5-4-6-12(16)14(11)17-13/h4-8,17H,16H2,1-3H3. The van der Waals surface area contributed by atoms with Gasteiger partial charge in [0, 0.05) is 18.6 Å². The van der Waals surface area contributed by atoms with Crippen LogP contribution in [0.25, 0.3) is 22.3 Å². The summed E-state index contributed by atoms with van der Waals surface area (Å²) < 4.78 is 2.16. The Bertz CT molecular complexity index is 732. The van der Waals surface area contributed by atoms with E-state index in [1.807, 2.05) is 12.1 Å². The van der Waals surface area contributed by atoms with Gasteiger partial charge in [-0.1, -0.05) is 12.1 Å². The van der Waals surface area contributed by atoms with Crippen molar-refractivity contribution < 1.29 is 0 Å². The predicted molar refractivity (Wildman–Crippen MR) is 76.6 cm³/mol. The van der Waals surface area contributed by atoms with Gasteiger partial charge >= 0.3 is 0 Å². The highest BCUT2D eigenvalue weighted by atomic mass is 15.0. The first-order chi connectivity index (χ1) is 8.58. The molecular weight excluding hydrogens is 222 g/mol. The molecule has 3 rings (SSSR count). The van der Waals surface area contributed by atoms with Crippen LogP contribution >= 0.6 is 0 Å². The molecule has 2 heterocycles. The number of hydrogen-bond acceptors (Lipinski definition) is 1. The highest BCUT2D eigenvalue weighted by molar-refractivity contribution is 5.93. The Morgan fingerprint density at radius 2 is 2.00 bits per heavy atom. The van der Waals surface area contributed by atoms with Gasteiger partial charge in [-0.3, -0.25) is 0 Å². The molecule has 0 aliphatic heterocycles. The first-order valence-corrected chi connectivity index (χ1v) is 6.08. The molecule has 18 heavy (non-hydrogen) atoms. The Kier molecular flexibility index (Phi) is 2.23. The summed E-state index contributed by atoms with van der Waals surface area (Å²) in [6.45, 7) is 4.29. The van der Waals surface area contributed by atoms with Crippen LogP contribution in [0.5, 0.6) is 0 Å². The van der Waals surface area contributed by atoms with Crippen LogP contribution in [-0.2, 0) is 7.05 Å². The maximum absolute atomic E-state index is 5.99. The summed E-state index contributed by atoms with van der Waals surface area (Å²) in [5, 5.41) is 1.16. The van der Waals surface area contributed by atoms with Crippen molar-refractivity contribution in [3.05, 3.63) is 41.6 Å². The predicted octanol–water partition coefficient (Wildman–Crippen LogP) is 3.37. The van der Waals surface area contributed by atoms with Gasteiger partial charge in [-0.05, 0) is 37.1 Å². The number of fused-ring (bicyclic) bond motifs is 1. The Morgan fingerprint density at radius 1 is 1.22 bits per heavy atom. The number of aromatic nitrogens is 2. The normalized spacial score (nSPS) is 11.3. The number of rotatable bonds is 1. The van der Waals surface area contributed by atoms with Gasteiger partial charge in [0.25, 0.3) is 0 Å². The molecule has 0 fully saturated rings. The van der Waals surface area contributed by atoms with E-state index in [9.17, 15) is 0 Å². The Morgan fingerprint density at radius 3 is 2.61 bits per heavy atom. The van der Waals surface area contributed by atoms with E-state index in [0.29, 0.717) is 0 Å². The average molecular weight is 239 g/mol. The van der Waals surface area contributed by atoms with E-state index in [4.69, 9.17) is 5.73 Å². The van der Waals surface area contributed by atoms with Crippen LogP contribution in [0.3, 0.4) is 0 Å². The summed E-state index contributed by atoms with van der Waals surface area (Å²) in [6, 6.07) is 8.15. The molecule has 3 heteroatoms. The first kappa shape index (κ1) is 11.0. The van der Waals surface area contributed by atoms with Crippen LogP contribution in [0.4, 0.5) is 5.69 Å². The number of nitrogens with zero attached hydrogens (tertiary/aromatic N) is 1. The molecule has 92 valence electrons. The average Bonchev–Trinajstić information content (AvgIpc) is 2.83. The van der Waals surface area contributed by atoms with Gasteiger partial charge < -0.3 is 15.3 Å². The zero-order chi connectivity index (χ0) is 12.9. The lowest BCUT2D eigenvalue weighted by Crippen LogP contribution is -1.91. The van der Waals surface area contributed by atoms with Crippen LogP contribution in [0.2, 0.25) is 0 Å². The molecule has 0 saturated heterocycles. The van der Waals surface area contributed by atoms with Gasteiger partial charge in [-0.25, -0.2) is 0 Å². The topological polar surface area (TPSA) is 46.7 Å². The van der Waals surface area contributed by atoms with Crippen molar-refractivity contribution in [1.82, 2.24) is 9.55 Å². The van der Waals surface area contributed by atoms with E-state index < -0.39 is 0 Å². The summed E-state index contributed by atoms with van der Waals surface area (Å²) in [7, 11) is 2.07. The number of para-hydroxylation sites is 1. The number of nitrogens with two attached hydrogens (primary N) is 1. The fourth-order valence-electron chi connectivity index (χ4n) is 2.60. The molecule has 0 unspecified atom stereocenters. The Labute approximate surface area is 106 Å². The fraction of sp³-hybridized carbons (Fsp3) is 0.200. The highest BCUT2D eigenvalue weighted by Crippen LogP contribution is 2.30. The number of benzene rings is 1. The molecule has 0 saturated carbocycles. The summed E-state index contributed by atoms with van der Waals surface area (Å²) in [6.07, 6.45) is 2.15. The molecule has 3 aromatic rings. The molecular formula is C15H17N3. The lowest BCUT2D eigenvalue weighted by Gasteiger charge is -2.02. The van der Waals surface area contributed by atoms with Crippen LogP contribution in [0, 0.1) is 13.8 Å². The van der Waals surface area contributed by atoms with Gasteiger partial charge in [0.2, 0.25) is 0 Å². The van der Waals surface area contributed by atoms with Gasteiger partial charge in [0.05, 0.1) is 22.6 Å². The lowest BCUT2D eigenvalue weighted by molar-refractivity contribution is 0.928. The minimum absolute atomic E-state index is 0.794.